The lowest BCUT2D eigenvalue weighted by molar-refractivity contribution is -0.137. The number of nitrogens with zero attached hydrogens (tertiary/aromatic N) is 1. The van der Waals surface area contributed by atoms with Gasteiger partial charge in [0.15, 0.2) is 0 Å². The van der Waals surface area contributed by atoms with Crippen LogP contribution in [-0.4, -0.2) is 19.8 Å². The summed E-state index contributed by atoms with van der Waals surface area (Å²) in [5, 5.41) is 19.8. The van der Waals surface area contributed by atoms with Crippen molar-refractivity contribution in [3.05, 3.63) is 34.9 Å². The molecule has 2 bridgehead atoms. The molecule has 0 aromatic heterocycles. The molecular formula is C15H14F3NO2S. The molecule has 2 aliphatic rings. The van der Waals surface area contributed by atoms with E-state index in [1.165, 1.54) is 6.07 Å². The van der Waals surface area contributed by atoms with E-state index in [9.17, 15) is 22.5 Å². The van der Waals surface area contributed by atoms with E-state index < -0.39 is 28.1 Å². The predicted molar refractivity (Wildman–Crippen MR) is 74.2 cm³/mol. The van der Waals surface area contributed by atoms with Gasteiger partial charge < -0.3 is 5.11 Å². The molecule has 2 saturated heterocycles. The number of aliphatic hydroxyl groups is 1. The van der Waals surface area contributed by atoms with Crippen LogP contribution >= 0.6 is 0 Å². The average Bonchev–Trinajstić information content (AvgIpc) is 2.69. The van der Waals surface area contributed by atoms with E-state index in [0.29, 0.717) is 0 Å². The van der Waals surface area contributed by atoms with Crippen molar-refractivity contribution in [2.75, 3.05) is 0 Å². The fraction of sp³-hybridized carbons (Fsp3) is 0.533. The molecule has 22 heavy (non-hydrogen) atoms. The number of rotatable bonds is 1. The van der Waals surface area contributed by atoms with Crippen molar-refractivity contribution in [1.29, 1.82) is 5.26 Å². The summed E-state index contributed by atoms with van der Waals surface area (Å²) in [5.41, 5.74) is -2.21. The number of nitriles is 1. The van der Waals surface area contributed by atoms with Crippen LogP contribution in [-0.2, 0) is 22.6 Å². The highest BCUT2D eigenvalue weighted by Gasteiger charge is 2.49. The Morgan fingerprint density at radius 2 is 1.86 bits per heavy atom. The topological polar surface area (TPSA) is 61.1 Å². The normalized spacial score (nSPS) is 34.4. The van der Waals surface area contributed by atoms with Gasteiger partial charge in [-0.05, 0) is 37.8 Å². The molecule has 0 spiro atoms. The van der Waals surface area contributed by atoms with Gasteiger partial charge in [0.1, 0.15) is 0 Å². The van der Waals surface area contributed by atoms with E-state index in [4.69, 9.17) is 5.26 Å². The predicted octanol–water partition coefficient (Wildman–Crippen LogP) is 2.84. The first-order valence-electron chi connectivity index (χ1n) is 6.98. The van der Waals surface area contributed by atoms with Crippen molar-refractivity contribution in [3.8, 4) is 6.07 Å². The number of halogens is 3. The Hall–Kier alpha value is -1.39. The minimum absolute atomic E-state index is 0.141. The zero-order valence-electron chi connectivity index (χ0n) is 11.6. The quantitative estimate of drug-likeness (QED) is 0.862. The van der Waals surface area contributed by atoms with Crippen molar-refractivity contribution in [2.45, 2.75) is 48.0 Å². The summed E-state index contributed by atoms with van der Waals surface area (Å²) in [4.78, 5) is 0. The molecule has 2 heterocycles. The Morgan fingerprint density at radius 3 is 2.36 bits per heavy atom. The van der Waals surface area contributed by atoms with Gasteiger partial charge in [-0.15, -0.1) is 0 Å². The van der Waals surface area contributed by atoms with E-state index in [1.54, 1.807) is 6.07 Å². The summed E-state index contributed by atoms with van der Waals surface area (Å²) in [6.45, 7) is 0. The largest absolute Gasteiger partial charge is 0.416 e. The summed E-state index contributed by atoms with van der Waals surface area (Å²) in [5.74, 6) is 0. The first-order chi connectivity index (χ1) is 10.2. The van der Waals surface area contributed by atoms with Gasteiger partial charge >= 0.3 is 6.18 Å². The van der Waals surface area contributed by atoms with Crippen LogP contribution in [0.2, 0.25) is 0 Å². The third kappa shape index (κ3) is 2.44. The second-order valence-corrected chi connectivity index (χ2v) is 7.95. The number of hydrogen-bond donors (Lipinski definition) is 1. The van der Waals surface area contributed by atoms with Crippen LogP contribution in [0.3, 0.4) is 0 Å². The van der Waals surface area contributed by atoms with E-state index in [-0.39, 0.29) is 34.5 Å². The fourth-order valence-corrected chi connectivity index (χ4v) is 5.68. The summed E-state index contributed by atoms with van der Waals surface area (Å²) < 4.78 is 50.3. The van der Waals surface area contributed by atoms with E-state index in [1.807, 2.05) is 0 Å². The van der Waals surface area contributed by atoms with E-state index >= 15 is 0 Å². The van der Waals surface area contributed by atoms with Crippen molar-refractivity contribution in [1.82, 2.24) is 0 Å². The molecule has 1 aromatic carbocycles. The number of fused-ring (bicyclic) bond motifs is 2. The van der Waals surface area contributed by atoms with Gasteiger partial charge in [0.25, 0.3) is 0 Å². The average molecular weight is 329 g/mol. The lowest BCUT2D eigenvalue weighted by Gasteiger charge is -2.36. The lowest BCUT2D eigenvalue weighted by Crippen LogP contribution is -2.40. The minimum atomic E-state index is -4.53. The molecule has 3 nitrogen and oxygen atoms in total. The summed E-state index contributed by atoms with van der Waals surface area (Å²) in [7, 11) is -0.989. The van der Waals surface area contributed by atoms with Gasteiger partial charge in [-0.1, -0.05) is 6.07 Å². The van der Waals surface area contributed by atoms with Crippen LogP contribution < -0.4 is 0 Å². The van der Waals surface area contributed by atoms with Crippen LogP contribution in [0.4, 0.5) is 13.2 Å². The highest BCUT2D eigenvalue weighted by atomic mass is 32.2. The summed E-state index contributed by atoms with van der Waals surface area (Å²) in [6.07, 6.45) is -2.56. The van der Waals surface area contributed by atoms with Crippen LogP contribution in [0.15, 0.2) is 18.2 Å². The molecule has 0 aliphatic carbocycles. The zero-order valence-corrected chi connectivity index (χ0v) is 12.4. The van der Waals surface area contributed by atoms with E-state index in [2.05, 4.69) is 0 Å². The standard InChI is InChI=1S/C15H14F3NO2S/c16-15(17,18)10-1-4-13(9(5-10)8-19)14(20)6-11-2-3-12(7-14)22(11)21/h1,4-5,11-12,20H,2-3,6-7H2. The smallest absolute Gasteiger partial charge is 0.385 e. The van der Waals surface area contributed by atoms with Crippen molar-refractivity contribution in [3.63, 3.8) is 0 Å². The third-order valence-corrected chi connectivity index (χ3v) is 6.69. The molecule has 2 unspecified atom stereocenters. The Labute approximate surface area is 128 Å². The zero-order chi connectivity index (χ0) is 16.1. The second-order valence-electron chi connectivity index (χ2n) is 5.96. The highest BCUT2D eigenvalue weighted by Crippen LogP contribution is 2.47. The van der Waals surface area contributed by atoms with Gasteiger partial charge in [-0.25, -0.2) is 0 Å². The number of benzene rings is 1. The van der Waals surface area contributed by atoms with Crippen LogP contribution in [0, 0.1) is 11.3 Å². The molecular weight excluding hydrogens is 315 g/mol. The van der Waals surface area contributed by atoms with Gasteiger partial charge in [0, 0.05) is 26.9 Å². The minimum Gasteiger partial charge on any atom is -0.385 e. The fourth-order valence-electron chi connectivity index (χ4n) is 3.52. The molecule has 0 radical (unpaired) electrons. The maximum Gasteiger partial charge on any atom is 0.416 e. The van der Waals surface area contributed by atoms with Gasteiger partial charge in [0.2, 0.25) is 0 Å². The Balaban J connectivity index is 2.02. The number of alkyl halides is 3. The first-order valence-corrected chi connectivity index (χ1v) is 8.26. The molecule has 2 atom stereocenters. The van der Waals surface area contributed by atoms with Crippen molar-refractivity contribution < 1.29 is 22.5 Å². The summed E-state index contributed by atoms with van der Waals surface area (Å²) >= 11 is 0. The Morgan fingerprint density at radius 1 is 1.27 bits per heavy atom. The van der Waals surface area contributed by atoms with Crippen molar-refractivity contribution >= 4 is 10.8 Å². The molecule has 2 fully saturated rings. The van der Waals surface area contributed by atoms with Crippen molar-refractivity contribution in [2.24, 2.45) is 0 Å². The third-order valence-electron chi connectivity index (χ3n) is 4.57. The molecule has 118 valence electrons. The van der Waals surface area contributed by atoms with Crippen LogP contribution in [0.5, 0.6) is 0 Å². The molecule has 7 heteroatoms. The van der Waals surface area contributed by atoms with Gasteiger partial charge in [-0.2, -0.15) is 18.4 Å². The van der Waals surface area contributed by atoms with Gasteiger partial charge in [-0.3, -0.25) is 4.21 Å². The molecule has 2 aliphatic heterocycles. The first kappa shape index (κ1) is 15.5. The Bertz CT molecular complexity index is 664. The molecule has 3 rings (SSSR count). The number of hydrogen-bond acceptors (Lipinski definition) is 3. The monoisotopic (exact) mass is 329 g/mol. The second kappa shape index (κ2) is 5.07. The lowest BCUT2D eigenvalue weighted by atomic mass is 9.83. The molecule has 1 aromatic rings. The maximum absolute atomic E-state index is 12.7. The van der Waals surface area contributed by atoms with E-state index in [0.717, 1.165) is 25.0 Å². The highest BCUT2D eigenvalue weighted by molar-refractivity contribution is 7.86. The molecule has 1 N–H and O–H groups in total. The molecule has 0 amide bonds. The SMILES string of the molecule is N#Cc1cc(C(F)(F)F)ccc1C1(O)CC2CCC(C1)S2=O. The van der Waals surface area contributed by atoms with Gasteiger partial charge in [0.05, 0.1) is 22.8 Å². The maximum atomic E-state index is 12.7. The van der Waals surface area contributed by atoms with Crippen LogP contribution in [0.1, 0.15) is 42.4 Å². The Kier molecular flexibility index (Phi) is 3.57. The summed E-state index contributed by atoms with van der Waals surface area (Å²) in [6, 6.07) is 4.61. The molecule has 0 saturated carbocycles. The van der Waals surface area contributed by atoms with Crippen LogP contribution in [0.25, 0.3) is 0 Å².